The summed E-state index contributed by atoms with van der Waals surface area (Å²) >= 11 is 0. The molecule has 2 heteroatoms. The van der Waals surface area contributed by atoms with Crippen LogP contribution in [0.4, 0.5) is 0 Å². The van der Waals surface area contributed by atoms with Crippen molar-refractivity contribution in [1.82, 2.24) is 5.32 Å². The minimum absolute atomic E-state index is 0.629. The largest absolute Gasteiger partial charge is 0.376 e. The van der Waals surface area contributed by atoms with Gasteiger partial charge in [-0.2, -0.15) is 0 Å². The Bertz CT molecular complexity index is 292. The molecule has 96 valence electrons. The van der Waals surface area contributed by atoms with E-state index in [4.69, 9.17) is 4.74 Å². The average molecular weight is 235 g/mol. The maximum atomic E-state index is 6.11. The van der Waals surface area contributed by atoms with Crippen LogP contribution >= 0.6 is 0 Å². The number of nitrogens with one attached hydrogen (secondary N) is 1. The van der Waals surface area contributed by atoms with Gasteiger partial charge in [0.15, 0.2) is 0 Å². The van der Waals surface area contributed by atoms with Crippen LogP contribution in [0.3, 0.4) is 0 Å². The quantitative estimate of drug-likeness (QED) is 0.564. The molecule has 4 aliphatic rings. The maximum Gasteiger partial charge on any atom is 0.0637 e. The highest BCUT2D eigenvalue weighted by Crippen LogP contribution is 2.63. The van der Waals surface area contributed by atoms with Gasteiger partial charge in [-0.25, -0.2) is 0 Å². The lowest BCUT2D eigenvalue weighted by atomic mass is 9.98. The third-order valence-corrected chi connectivity index (χ3v) is 5.05. The van der Waals surface area contributed by atoms with E-state index in [1.54, 1.807) is 0 Å². The third-order valence-electron chi connectivity index (χ3n) is 5.05. The zero-order chi connectivity index (χ0) is 11.8. The highest BCUT2D eigenvalue weighted by Gasteiger charge is 2.60. The Balaban J connectivity index is 1.33. The van der Waals surface area contributed by atoms with Crippen LogP contribution in [0.2, 0.25) is 0 Å². The summed E-state index contributed by atoms with van der Waals surface area (Å²) in [6, 6.07) is 0. The number of hydrogen-bond donors (Lipinski definition) is 1. The van der Waals surface area contributed by atoms with Gasteiger partial charge in [-0.05, 0) is 56.8 Å². The van der Waals surface area contributed by atoms with Crippen molar-refractivity contribution < 1.29 is 4.74 Å². The lowest BCUT2D eigenvalue weighted by Crippen LogP contribution is -2.28. The zero-order valence-electron chi connectivity index (χ0n) is 11.1. The Morgan fingerprint density at radius 3 is 2.47 bits per heavy atom. The van der Waals surface area contributed by atoms with Gasteiger partial charge < -0.3 is 10.1 Å². The second-order valence-electron chi connectivity index (χ2n) is 6.38. The summed E-state index contributed by atoms with van der Waals surface area (Å²) in [6.07, 6.45) is 7.34. The van der Waals surface area contributed by atoms with E-state index >= 15 is 0 Å². The molecule has 1 N–H and O–H groups in total. The first-order chi connectivity index (χ1) is 8.25. The normalized spacial score (nSPS) is 41.4. The van der Waals surface area contributed by atoms with Gasteiger partial charge in [-0.1, -0.05) is 11.6 Å². The van der Waals surface area contributed by atoms with Crippen molar-refractivity contribution in [2.45, 2.75) is 39.2 Å². The van der Waals surface area contributed by atoms with E-state index in [0.29, 0.717) is 6.10 Å². The SMILES string of the molecule is CC(C)=CCNCCOC1C2CC3CC2CC31. The highest BCUT2D eigenvalue weighted by molar-refractivity contribution is 5.09. The summed E-state index contributed by atoms with van der Waals surface area (Å²) in [7, 11) is 0. The van der Waals surface area contributed by atoms with Crippen LogP contribution in [0.5, 0.6) is 0 Å². The van der Waals surface area contributed by atoms with E-state index in [2.05, 4.69) is 25.2 Å². The van der Waals surface area contributed by atoms with Crippen molar-refractivity contribution in [2.24, 2.45) is 23.7 Å². The fourth-order valence-electron chi connectivity index (χ4n) is 4.38. The first-order valence-electron chi connectivity index (χ1n) is 7.21. The van der Waals surface area contributed by atoms with Crippen molar-refractivity contribution >= 4 is 0 Å². The molecule has 4 fully saturated rings. The fourth-order valence-corrected chi connectivity index (χ4v) is 4.38. The molecule has 0 aliphatic heterocycles. The Labute approximate surface area is 105 Å². The monoisotopic (exact) mass is 235 g/mol. The molecule has 17 heavy (non-hydrogen) atoms. The predicted molar refractivity (Wildman–Crippen MR) is 69.9 cm³/mol. The molecule has 0 saturated heterocycles. The van der Waals surface area contributed by atoms with Crippen LogP contribution < -0.4 is 5.32 Å². The summed E-state index contributed by atoms with van der Waals surface area (Å²) in [5.74, 6) is 3.94. The van der Waals surface area contributed by atoms with Crippen LogP contribution in [0.15, 0.2) is 11.6 Å². The summed E-state index contributed by atoms with van der Waals surface area (Å²) in [5.41, 5.74) is 1.38. The highest BCUT2D eigenvalue weighted by atomic mass is 16.5. The lowest BCUT2D eigenvalue weighted by Gasteiger charge is -2.21. The van der Waals surface area contributed by atoms with Crippen LogP contribution in [0, 0.1) is 23.7 Å². The third kappa shape index (κ3) is 2.17. The molecule has 0 aromatic carbocycles. The van der Waals surface area contributed by atoms with Gasteiger partial charge in [0, 0.05) is 13.1 Å². The molecule has 4 aliphatic carbocycles. The van der Waals surface area contributed by atoms with Crippen LogP contribution in [-0.2, 0) is 4.74 Å². The lowest BCUT2D eigenvalue weighted by molar-refractivity contribution is 0.00962. The minimum atomic E-state index is 0.629. The fraction of sp³-hybridized carbons (Fsp3) is 0.867. The van der Waals surface area contributed by atoms with Crippen molar-refractivity contribution in [3.8, 4) is 0 Å². The maximum absolute atomic E-state index is 6.11. The molecule has 4 saturated carbocycles. The Morgan fingerprint density at radius 2 is 1.88 bits per heavy atom. The van der Waals surface area contributed by atoms with Gasteiger partial charge in [-0.15, -0.1) is 0 Å². The van der Waals surface area contributed by atoms with Gasteiger partial charge in [0.1, 0.15) is 0 Å². The van der Waals surface area contributed by atoms with E-state index < -0.39 is 0 Å². The van der Waals surface area contributed by atoms with Crippen LogP contribution in [0.25, 0.3) is 0 Å². The second-order valence-corrected chi connectivity index (χ2v) is 6.38. The molecule has 0 heterocycles. The number of ether oxygens (including phenoxy) is 1. The number of allylic oxidation sites excluding steroid dienone is 1. The van der Waals surface area contributed by atoms with E-state index in [-0.39, 0.29) is 0 Å². The van der Waals surface area contributed by atoms with Crippen molar-refractivity contribution in [3.05, 3.63) is 11.6 Å². The van der Waals surface area contributed by atoms with Crippen LogP contribution in [-0.4, -0.2) is 25.8 Å². The van der Waals surface area contributed by atoms with E-state index in [0.717, 1.165) is 43.4 Å². The molecular formula is C15H25NO. The average Bonchev–Trinajstić information content (AvgIpc) is 2.98. The molecule has 4 atom stereocenters. The summed E-state index contributed by atoms with van der Waals surface area (Å²) < 4.78 is 6.11. The molecule has 4 unspecified atom stereocenters. The molecule has 4 bridgehead atoms. The Hall–Kier alpha value is -0.340. The van der Waals surface area contributed by atoms with Gasteiger partial charge in [0.2, 0.25) is 0 Å². The first-order valence-corrected chi connectivity index (χ1v) is 7.21. The predicted octanol–water partition coefficient (Wildman–Crippen LogP) is 2.60. The van der Waals surface area contributed by atoms with E-state index in [1.807, 2.05) is 0 Å². The van der Waals surface area contributed by atoms with Gasteiger partial charge >= 0.3 is 0 Å². The minimum Gasteiger partial charge on any atom is -0.376 e. The van der Waals surface area contributed by atoms with Crippen molar-refractivity contribution in [3.63, 3.8) is 0 Å². The van der Waals surface area contributed by atoms with Gasteiger partial charge in [0.25, 0.3) is 0 Å². The topological polar surface area (TPSA) is 21.3 Å². The smallest absolute Gasteiger partial charge is 0.0637 e. The number of hydrogen-bond acceptors (Lipinski definition) is 2. The summed E-state index contributed by atoms with van der Waals surface area (Å²) in [5, 5.41) is 3.41. The van der Waals surface area contributed by atoms with Gasteiger partial charge in [-0.3, -0.25) is 0 Å². The Morgan fingerprint density at radius 1 is 1.18 bits per heavy atom. The molecule has 0 amide bonds. The van der Waals surface area contributed by atoms with Crippen molar-refractivity contribution in [2.75, 3.05) is 19.7 Å². The Kier molecular flexibility index (Phi) is 3.27. The standard InChI is InChI=1S/C15H25NO/c1-10(2)3-4-16-5-6-17-15-13-8-11-7-12(13)9-14(11)15/h3,11-16H,4-9H2,1-2H3. The van der Waals surface area contributed by atoms with E-state index in [9.17, 15) is 0 Å². The molecule has 2 nitrogen and oxygen atoms in total. The second kappa shape index (κ2) is 4.74. The summed E-state index contributed by atoms with van der Waals surface area (Å²) in [6.45, 7) is 7.15. The van der Waals surface area contributed by atoms with Crippen molar-refractivity contribution in [1.29, 1.82) is 0 Å². The van der Waals surface area contributed by atoms with E-state index in [1.165, 1.54) is 24.8 Å². The molecular weight excluding hydrogens is 210 g/mol. The summed E-state index contributed by atoms with van der Waals surface area (Å²) in [4.78, 5) is 0. The first kappa shape index (κ1) is 11.7. The molecule has 4 rings (SSSR count). The van der Waals surface area contributed by atoms with Crippen LogP contribution in [0.1, 0.15) is 33.1 Å². The number of rotatable bonds is 6. The zero-order valence-corrected chi connectivity index (χ0v) is 11.1. The molecule has 0 spiro atoms. The van der Waals surface area contributed by atoms with Gasteiger partial charge in [0.05, 0.1) is 12.7 Å². The molecule has 0 aromatic heterocycles. The molecule has 0 radical (unpaired) electrons. The molecule has 0 aromatic rings.